The number of hydrogen-bond acceptors (Lipinski definition) is 6. The third-order valence-electron chi connectivity index (χ3n) is 3.49. The number of anilines is 2. The van der Waals surface area contributed by atoms with Crippen LogP contribution < -0.4 is 21.7 Å². The van der Waals surface area contributed by atoms with Gasteiger partial charge in [-0.1, -0.05) is 6.92 Å². The van der Waals surface area contributed by atoms with Crippen LogP contribution in [0.4, 0.5) is 10.7 Å². The van der Waals surface area contributed by atoms with E-state index in [0.717, 1.165) is 30.3 Å². The lowest BCUT2D eigenvalue weighted by atomic mass is 10.2. The van der Waals surface area contributed by atoms with Crippen molar-refractivity contribution >= 4 is 45.6 Å². The van der Waals surface area contributed by atoms with E-state index in [1.807, 2.05) is 11.8 Å². The second kappa shape index (κ2) is 6.57. The van der Waals surface area contributed by atoms with Gasteiger partial charge in [-0.15, -0.1) is 11.3 Å². The lowest BCUT2D eigenvalue weighted by molar-refractivity contribution is 0.0967. The number of amides is 2. The molecule has 2 heterocycles. The number of nitrogen functional groups attached to an aromatic ring is 1. The summed E-state index contributed by atoms with van der Waals surface area (Å²) in [6.07, 6.45) is 1.07. The summed E-state index contributed by atoms with van der Waals surface area (Å²) in [7, 11) is 1.54. The number of hydrogen-bond donors (Lipinski definition) is 3. The molecule has 2 rings (SSSR count). The molecule has 6 nitrogen and oxygen atoms in total. The second-order valence-corrected chi connectivity index (χ2v) is 7.22. The van der Waals surface area contributed by atoms with Crippen LogP contribution in [0.15, 0.2) is 0 Å². The fourth-order valence-corrected chi connectivity index (χ4v) is 4.71. The molecule has 1 fully saturated rings. The van der Waals surface area contributed by atoms with Crippen molar-refractivity contribution in [1.82, 2.24) is 5.32 Å². The van der Waals surface area contributed by atoms with E-state index >= 15 is 0 Å². The van der Waals surface area contributed by atoms with E-state index in [2.05, 4.69) is 17.1 Å². The minimum Gasteiger partial charge on any atom is -0.397 e. The lowest BCUT2D eigenvalue weighted by Gasteiger charge is -2.33. The lowest BCUT2D eigenvalue weighted by Crippen LogP contribution is -2.38. The highest BCUT2D eigenvalue weighted by Crippen LogP contribution is 2.39. The van der Waals surface area contributed by atoms with Crippen LogP contribution in [0.25, 0.3) is 0 Å². The van der Waals surface area contributed by atoms with Crippen molar-refractivity contribution in [3.8, 4) is 0 Å². The number of carbonyl (C=O) groups excluding carboxylic acids is 2. The summed E-state index contributed by atoms with van der Waals surface area (Å²) in [6, 6.07) is 0. The number of primary amides is 1. The summed E-state index contributed by atoms with van der Waals surface area (Å²) in [5, 5.41) is 3.78. The minimum atomic E-state index is -0.583. The van der Waals surface area contributed by atoms with Crippen LogP contribution in [0, 0.1) is 0 Å². The Morgan fingerprint density at radius 1 is 1.48 bits per heavy atom. The van der Waals surface area contributed by atoms with E-state index < -0.39 is 5.91 Å². The summed E-state index contributed by atoms with van der Waals surface area (Å²) in [5.74, 6) is 0.119. The number of nitrogens with zero attached hydrogens (tertiary/aromatic N) is 1. The number of thiophene rings is 1. The molecule has 116 valence electrons. The zero-order chi connectivity index (χ0) is 15.6. The van der Waals surface area contributed by atoms with E-state index in [9.17, 15) is 9.59 Å². The highest BCUT2D eigenvalue weighted by atomic mass is 32.2. The standard InChI is InChI=1S/C13H20N4O2S2/c1-3-7-6-17(4-5-20-7)13-8(11(15)18)9(14)10(21-13)12(19)16-2/h7H,3-6,14H2,1-2H3,(H2,15,18)(H,16,19). The molecule has 1 aliphatic heterocycles. The Kier molecular flexibility index (Phi) is 5.00. The molecule has 8 heteroatoms. The van der Waals surface area contributed by atoms with E-state index in [4.69, 9.17) is 11.5 Å². The zero-order valence-electron chi connectivity index (χ0n) is 12.1. The van der Waals surface area contributed by atoms with E-state index in [-0.39, 0.29) is 17.2 Å². The first-order chi connectivity index (χ1) is 9.99. The zero-order valence-corrected chi connectivity index (χ0v) is 13.8. The van der Waals surface area contributed by atoms with Gasteiger partial charge >= 0.3 is 0 Å². The van der Waals surface area contributed by atoms with Gasteiger partial charge < -0.3 is 21.7 Å². The number of nitrogens with two attached hydrogens (primary N) is 2. The van der Waals surface area contributed by atoms with Gasteiger partial charge in [0, 0.05) is 31.1 Å². The van der Waals surface area contributed by atoms with Crippen molar-refractivity contribution in [1.29, 1.82) is 0 Å². The first kappa shape index (κ1) is 16.0. The first-order valence-electron chi connectivity index (χ1n) is 6.80. The Morgan fingerprint density at radius 2 is 2.19 bits per heavy atom. The third-order valence-corrected chi connectivity index (χ3v) is 6.12. The molecule has 1 aromatic rings. The van der Waals surface area contributed by atoms with Crippen LogP contribution in [-0.2, 0) is 0 Å². The molecule has 5 N–H and O–H groups in total. The SMILES string of the molecule is CCC1CN(c2sc(C(=O)NC)c(N)c2C(N)=O)CCS1. The van der Waals surface area contributed by atoms with Gasteiger partial charge in [-0.05, 0) is 6.42 Å². The molecule has 0 radical (unpaired) electrons. The average Bonchev–Trinajstić information content (AvgIpc) is 2.84. The fraction of sp³-hybridized carbons (Fsp3) is 0.538. The summed E-state index contributed by atoms with van der Waals surface area (Å²) in [6.45, 7) is 3.82. The van der Waals surface area contributed by atoms with Crippen LogP contribution in [0.3, 0.4) is 0 Å². The van der Waals surface area contributed by atoms with Gasteiger partial charge in [0.15, 0.2) is 0 Å². The molecule has 0 bridgehead atoms. The van der Waals surface area contributed by atoms with Crippen LogP contribution in [0.1, 0.15) is 33.4 Å². The molecule has 21 heavy (non-hydrogen) atoms. The predicted molar refractivity (Wildman–Crippen MR) is 89.4 cm³/mol. The number of rotatable bonds is 4. The highest BCUT2D eigenvalue weighted by Gasteiger charge is 2.29. The van der Waals surface area contributed by atoms with Crippen LogP contribution in [0.5, 0.6) is 0 Å². The van der Waals surface area contributed by atoms with Crippen molar-refractivity contribution in [2.75, 3.05) is 36.5 Å². The predicted octanol–water partition coefficient (Wildman–Crippen LogP) is 1.12. The summed E-state index contributed by atoms with van der Waals surface area (Å²) in [5.41, 5.74) is 11.9. The molecular formula is C13H20N4O2S2. The number of thioether (sulfide) groups is 1. The molecule has 1 aliphatic rings. The van der Waals surface area contributed by atoms with Gasteiger partial charge in [-0.2, -0.15) is 11.8 Å². The fourth-order valence-electron chi connectivity index (χ4n) is 2.33. The second-order valence-electron chi connectivity index (χ2n) is 4.82. The maximum Gasteiger partial charge on any atom is 0.263 e. The van der Waals surface area contributed by atoms with Gasteiger partial charge in [0.25, 0.3) is 11.8 Å². The third kappa shape index (κ3) is 3.11. The average molecular weight is 328 g/mol. The maximum absolute atomic E-state index is 11.9. The van der Waals surface area contributed by atoms with Gasteiger partial charge in [0.2, 0.25) is 0 Å². The summed E-state index contributed by atoms with van der Waals surface area (Å²) in [4.78, 5) is 26.1. The Hall–Kier alpha value is -1.41. The molecule has 0 saturated carbocycles. The van der Waals surface area contributed by atoms with Gasteiger partial charge in [-0.3, -0.25) is 9.59 Å². The van der Waals surface area contributed by atoms with Crippen molar-refractivity contribution in [3.05, 3.63) is 10.4 Å². The summed E-state index contributed by atoms with van der Waals surface area (Å²) >= 11 is 3.18. The quantitative estimate of drug-likeness (QED) is 0.769. The highest BCUT2D eigenvalue weighted by molar-refractivity contribution is 8.00. The molecule has 1 atom stereocenters. The summed E-state index contributed by atoms with van der Waals surface area (Å²) < 4.78 is 0. The first-order valence-corrected chi connectivity index (χ1v) is 8.66. The van der Waals surface area contributed by atoms with Gasteiger partial charge in [-0.25, -0.2) is 0 Å². The monoisotopic (exact) mass is 328 g/mol. The Morgan fingerprint density at radius 3 is 2.76 bits per heavy atom. The van der Waals surface area contributed by atoms with Crippen molar-refractivity contribution < 1.29 is 9.59 Å². The van der Waals surface area contributed by atoms with Crippen molar-refractivity contribution in [2.24, 2.45) is 5.73 Å². The topological polar surface area (TPSA) is 101 Å². The Balaban J connectivity index is 2.42. The van der Waals surface area contributed by atoms with Crippen LogP contribution >= 0.6 is 23.1 Å². The van der Waals surface area contributed by atoms with E-state index in [0.29, 0.717) is 10.1 Å². The molecule has 1 aromatic heterocycles. The molecule has 1 unspecified atom stereocenters. The van der Waals surface area contributed by atoms with E-state index in [1.54, 1.807) is 0 Å². The van der Waals surface area contributed by atoms with Crippen LogP contribution in [-0.4, -0.2) is 43.0 Å². The molecular weight excluding hydrogens is 308 g/mol. The van der Waals surface area contributed by atoms with Crippen molar-refractivity contribution in [3.63, 3.8) is 0 Å². The molecule has 0 aromatic carbocycles. The van der Waals surface area contributed by atoms with Crippen LogP contribution in [0.2, 0.25) is 0 Å². The van der Waals surface area contributed by atoms with Gasteiger partial charge in [0.05, 0.1) is 11.3 Å². The van der Waals surface area contributed by atoms with Gasteiger partial charge in [0.1, 0.15) is 9.88 Å². The molecule has 0 spiro atoms. The largest absolute Gasteiger partial charge is 0.397 e. The number of nitrogens with one attached hydrogen (secondary N) is 1. The molecule has 2 amide bonds. The Bertz CT molecular complexity index is 559. The normalized spacial score (nSPS) is 18.6. The van der Waals surface area contributed by atoms with Crippen molar-refractivity contribution in [2.45, 2.75) is 18.6 Å². The molecule has 1 saturated heterocycles. The molecule has 0 aliphatic carbocycles. The number of carbonyl (C=O) groups is 2. The Labute approximate surface area is 132 Å². The minimum absolute atomic E-state index is 0.188. The smallest absolute Gasteiger partial charge is 0.263 e. The maximum atomic E-state index is 11.9. The van der Waals surface area contributed by atoms with E-state index in [1.165, 1.54) is 18.4 Å².